The predicted octanol–water partition coefficient (Wildman–Crippen LogP) is 8.16. The van der Waals surface area contributed by atoms with E-state index in [0.29, 0.717) is 54.5 Å². The smallest absolute Gasteiger partial charge is 0.153 e. The quantitative estimate of drug-likeness (QED) is 0.124. The largest absolute Gasteiger partial charge is 0.508 e. The lowest BCUT2D eigenvalue weighted by atomic mass is 10.2. The van der Waals surface area contributed by atoms with Crippen LogP contribution in [0.25, 0.3) is 0 Å². The molecule has 39 heavy (non-hydrogen) atoms. The Balaban J connectivity index is 0.000000218. The van der Waals surface area contributed by atoms with Crippen molar-refractivity contribution in [3.8, 4) is 23.0 Å². The summed E-state index contributed by atoms with van der Waals surface area (Å²) in [5.74, 6) is 1.65. The summed E-state index contributed by atoms with van der Waals surface area (Å²) in [4.78, 5) is 21.9. The van der Waals surface area contributed by atoms with Gasteiger partial charge in [0.05, 0.1) is 17.7 Å². The van der Waals surface area contributed by atoms with Gasteiger partial charge in [0.15, 0.2) is 12.6 Å². The molecule has 1 N–H and O–H groups in total. The predicted molar refractivity (Wildman–Crippen MR) is 162 cm³/mol. The van der Waals surface area contributed by atoms with Gasteiger partial charge < -0.3 is 19.3 Å². The van der Waals surface area contributed by atoms with E-state index in [1.165, 1.54) is 18.2 Å². The number of rotatable bonds is 11. The van der Waals surface area contributed by atoms with E-state index in [4.69, 9.17) is 14.2 Å². The topological polar surface area (TPSA) is 82.1 Å². The number of phenols is 1. The third-order valence-electron chi connectivity index (χ3n) is 5.26. The third-order valence-corrected chi connectivity index (χ3v) is 7.13. The number of alkyl halides is 1. The number of carbonyl (C=O) groups excluding carboxylic acids is 2. The van der Waals surface area contributed by atoms with Gasteiger partial charge in [-0.25, -0.2) is 0 Å². The Morgan fingerprint density at radius 3 is 1.69 bits per heavy atom. The fraction of sp³-hybridized carbons (Fsp3) is 0.133. The summed E-state index contributed by atoms with van der Waals surface area (Å²) in [5.41, 5.74) is 2.91. The average Bonchev–Trinajstić information content (AvgIpc) is 2.95. The molecule has 4 aromatic carbocycles. The van der Waals surface area contributed by atoms with Gasteiger partial charge in [0.1, 0.15) is 36.2 Å². The second kappa shape index (κ2) is 16.1. The molecular formula is C30H25Br3O6. The fourth-order valence-corrected chi connectivity index (χ4v) is 4.23. The molecule has 0 bridgehead atoms. The third kappa shape index (κ3) is 9.53. The van der Waals surface area contributed by atoms with Crippen LogP contribution in [0.15, 0.2) is 93.9 Å². The second-order valence-corrected chi connectivity index (χ2v) is 10.5. The molecule has 0 fully saturated rings. The molecule has 4 rings (SSSR count). The van der Waals surface area contributed by atoms with E-state index in [1.54, 1.807) is 18.2 Å². The summed E-state index contributed by atoms with van der Waals surface area (Å²) in [6.45, 7) is 1.26. The summed E-state index contributed by atoms with van der Waals surface area (Å²) in [5, 5.41) is 10.1. The SMILES string of the molecule is O=Cc1ccc(O)cc1OCc1ccccc1Br.O=Cc1ccc(OCCBr)cc1OCc1ccccc1Br. The molecule has 0 saturated heterocycles. The van der Waals surface area contributed by atoms with Crippen LogP contribution in [0, 0.1) is 0 Å². The summed E-state index contributed by atoms with van der Waals surface area (Å²) in [6, 6.07) is 25.1. The van der Waals surface area contributed by atoms with Gasteiger partial charge in [-0.1, -0.05) is 84.2 Å². The van der Waals surface area contributed by atoms with Crippen molar-refractivity contribution < 1.29 is 28.9 Å². The summed E-state index contributed by atoms with van der Waals surface area (Å²) in [6.07, 6.45) is 1.48. The number of phenolic OH excluding ortho intramolecular Hbond substituents is 1. The van der Waals surface area contributed by atoms with Gasteiger partial charge in [0, 0.05) is 37.5 Å². The first-order valence-electron chi connectivity index (χ1n) is 11.7. The van der Waals surface area contributed by atoms with Gasteiger partial charge in [-0.2, -0.15) is 0 Å². The van der Waals surface area contributed by atoms with Crippen LogP contribution in [0.5, 0.6) is 23.0 Å². The Kier molecular flexibility index (Phi) is 12.5. The molecule has 0 saturated carbocycles. The van der Waals surface area contributed by atoms with Crippen molar-refractivity contribution in [3.63, 3.8) is 0 Å². The molecule has 0 aliphatic heterocycles. The Morgan fingerprint density at radius 2 is 1.18 bits per heavy atom. The van der Waals surface area contributed by atoms with Crippen LogP contribution in [0.3, 0.4) is 0 Å². The first kappa shape index (κ1) is 30.4. The maximum atomic E-state index is 11.1. The van der Waals surface area contributed by atoms with Crippen LogP contribution < -0.4 is 14.2 Å². The summed E-state index contributed by atoms with van der Waals surface area (Å²) in [7, 11) is 0. The van der Waals surface area contributed by atoms with Crippen LogP contribution in [0.4, 0.5) is 0 Å². The number of carbonyl (C=O) groups is 2. The van der Waals surface area contributed by atoms with Gasteiger partial charge in [-0.3, -0.25) is 9.59 Å². The summed E-state index contributed by atoms with van der Waals surface area (Å²) < 4.78 is 18.8. The maximum absolute atomic E-state index is 11.1. The van der Waals surface area contributed by atoms with Crippen molar-refractivity contribution in [2.75, 3.05) is 11.9 Å². The second-order valence-electron chi connectivity index (χ2n) is 7.96. The Morgan fingerprint density at radius 1 is 0.667 bits per heavy atom. The van der Waals surface area contributed by atoms with Crippen molar-refractivity contribution in [1.29, 1.82) is 0 Å². The zero-order valence-electron chi connectivity index (χ0n) is 20.7. The first-order chi connectivity index (χ1) is 18.9. The number of aldehydes is 2. The first-order valence-corrected chi connectivity index (χ1v) is 14.4. The van der Waals surface area contributed by atoms with Crippen molar-refractivity contribution in [2.24, 2.45) is 0 Å². The molecule has 0 amide bonds. The number of benzene rings is 4. The molecule has 0 aliphatic carbocycles. The maximum Gasteiger partial charge on any atom is 0.153 e. The fourth-order valence-electron chi connectivity index (χ4n) is 3.27. The Bertz CT molecular complexity index is 1390. The van der Waals surface area contributed by atoms with Gasteiger partial charge in [-0.15, -0.1) is 0 Å². The zero-order valence-corrected chi connectivity index (χ0v) is 25.4. The van der Waals surface area contributed by atoms with Crippen LogP contribution >= 0.6 is 47.8 Å². The van der Waals surface area contributed by atoms with Crippen LogP contribution in [-0.4, -0.2) is 29.6 Å². The number of hydrogen-bond acceptors (Lipinski definition) is 6. The molecule has 0 unspecified atom stereocenters. The minimum absolute atomic E-state index is 0.0720. The highest BCUT2D eigenvalue weighted by Crippen LogP contribution is 2.27. The molecule has 202 valence electrons. The van der Waals surface area contributed by atoms with E-state index >= 15 is 0 Å². The van der Waals surface area contributed by atoms with E-state index in [-0.39, 0.29) is 5.75 Å². The molecule has 9 heteroatoms. The van der Waals surface area contributed by atoms with Crippen LogP contribution in [0.2, 0.25) is 0 Å². The molecule has 4 aromatic rings. The minimum Gasteiger partial charge on any atom is -0.508 e. The standard InChI is InChI=1S/C16H14Br2O3.C14H11BrO3/c17-7-8-20-14-6-5-12(10-19)16(9-14)21-11-13-3-1-2-4-15(13)18;15-13-4-2-1-3-11(13)9-18-14-7-12(17)6-5-10(14)8-16/h1-6,9-10H,7-8,11H2;1-8,17H,9H2. The average molecular weight is 721 g/mol. The molecule has 6 nitrogen and oxygen atoms in total. The molecule has 0 atom stereocenters. The summed E-state index contributed by atoms with van der Waals surface area (Å²) >= 11 is 10.2. The Labute approximate surface area is 252 Å². The minimum atomic E-state index is 0.0720. The lowest BCUT2D eigenvalue weighted by Gasteiger charge is -2.12. The normalized spacial score (nSPS) is 10.1. The van der Waals surface area contributed by atoms with E-state index < -0.39 is 0 Å². The molecule has 0 aliphatic rings. The van der Waals surface area contributed by atoms with E-state index in [1.807, 2.05) is 48.5 Å². The molecule has 0 radical (unpaired) electrons. The highest BCUT2D eigenvalue weighted by Gasteiger charge is 2.08. The molecular weight excluding hydrogens is 696 g/mol. The Hall–Kier alpha value is -3.14. The number of ether oxygens (including phenoxy) is 3. The molecule has 0 aromatic heterocycles. The lowest BCUT2D eigenvalue weighted by Crippen LogP contribution is -2.01. The van der Waals surface area contributed by atoms with Gasteiger partial charge in [-0.05, 0) is 36.4 Å². The number of hydrogen-bond donors (Lipinski definition) is 1. The van der Waals surface area contributed by atoms with Gasteiger partial charge in [0.2, 0.25) is 0 Å². The highest BCUT2D eigenvalue weighted by molar-refractivity contribution is 9.10. The van der Waals surface area contributed by atoms with Gasteiger partial charge >= 0.3 is 0 Å². The van der Waals surface area contributed by atoms with Crippen molar-refractivity contribution in [1.82, 2.24) is 0 Å². The van der Waals surface area contributed by atoms with E-state index in [0.717, 1.165) is 31.7 Å². The van der Waals surface area contributed by atoms with Crippen molar-refractivity contribution in [3.05, 3.63) is 116 Å². The molecule has 0 heterocycles. The lowest BCUT2D eigenvalue weighted by molar-refractivity contribution is 0.111. The van der Waals surface area contributed by atoms with E-state index in [2.05, 4.69) is 47.8 Å². The van der Waals surface area contributed by atoms with Gasteiger partial charge in [0.25, 0.3) is 0 Å². The number of halogens is 3. The zero-order chi connectivity index (χ0) is 28.0. The van der Waals surface area contributed by atoms with Crippen LogP contribution in [0.1, 0.15) is 31.8 Å². The van der Waals surface area contributed by atoms with Crippen LogP contribution in [-0.2, 0) is 13.2 Å². The highest BCUT2D eigenvalue weighted by atomic mass is 79.9. The van der Waals surface area contributed by atoms with Crippen molar-refractivity contribution >= 4 is 60.4 Å². The molecule has 0 spiro atoms. The number of aromatic hydroxyl groups is 1. The monoisotopic (exact) mass is 718 g/mol. The van der Waals surface area contributed by atoms with E-state index in [9.17, 15) is 14.7 Å². The van der Waals surface area contributed by atoms with Crippen molar-refractivity contribution in [2.45, 2.75) is 13.2 Å².